The molecule has 2 aromatic rings. The van der Waals surface area contributed by atoms with Crippen molar-refractivity contribution < 1.29 is 24.2 Å². The van der Waals surface area contributed by atoms with Crippen LogP contribution in [0.15, 0.2) is 42.0 Å². The highest BCUT2D eigenvalue weighted by Gasteiger charge is 2.46. The van der Waals surface area contributed by atoms with Crippen LogP contribution in [0.2, 0.25) is 10.0 Å². The fourth-order valence-corrected chi connectivity index (χ4v) is 3.97. The summed E-state index contributed by atoms with van der Waals surface area (Å²) in [6.07, 6.45) is 0. The molecular weight excluding hydrogens is 455 g/mol. The van der Waals surface area contributed by atoms with Gasteiger partial charge in [-0.05, 0) is 37.9 Å². The van der Waals surface area contributed by atoms with Crippen molar-refractivity contribution in [2.75, 3.05) is 41.4 Å². The van der Waals surface area contributed by atoms with E-state index in [1.165, 1.54) is 31.3 Å². The quantitative estimate of drug-likeness (QED) is 0.368. The Morgan fingerprint density at radius 3 is 2.25 bits per heavy atom. The maximum absolute atomic E-state index is 13.1. The van der Waals surface area contributed by atoms with E-state index >= 15 is 0 Å². The molecule has 0 aromatic heterocycles. The summed E-state index contributed by atoms with van der Waals surface area (Å²) in [7, 11) is 6.62. The number of aliphatic hydroxyl groups is 1. The fraction of sp³-hybridized carbons (Fsp3) is 0.304. The van der Waals surface area contributed by atoms with Crippen molar-refractivity contribution in [1.29, 1.82) is 0 Å². The molecule has 1 saturated heterocycles. The number of aliphatic hydroxyl groups excluding tert-OH is 1. The standard InChI is InChI=1S/C23H24Cl2N2O5/c1-26(2)9-10-27-20(13-5-7-14(24)8-6-13)19(22(29)23(27)30)21(28)15-11-16(25)18(32-4)12-17(15)31-3/h5-8,11-12,20,28H,9-10H2,1-4H3/b21-19+. The van der Waals surface area contributed by atoms with E-state index in [1.807, 2.05) is 19.0 Å². The van der Waals surface area contributed by atoms with Gasteiger partial charge in [0.2, 0.25) is 0 Å². The summed E-state index contributed by atoms with van der Waals surface area (Å²) in [4.78, 5) is 29.4. The second-order valence-corrected chi connectivity index (χ2v) is 8.38. The van der Waals surface area contributed by atoms with Gasteiger partial charge in [-0.15, -0.1) is 0 Å². The number of nitrogens with zero attached hydrogens (tertiary/aromatic N) is 2. The first kappa shape index (κ1) is 23.9. The lowest BCUT2D eigenvalue weighted by atomic mass is 9.95. The highest BCUT2D eigenvalue weighted by molar-refractivity contribution is 6.46. The number of likely N-dealkylation sites (N-methyl/N-ethyl adjacent to an activating group) is 1. The summed E-state index contributed by atoms with van der Waals surface area (Å²) in [5.74, 6) is -1.25. The number of rotatable bonds is 7. The molecule has 1 aliphatic heterocycles. The highest BCUT2D eigenvalue weighted by Crippen LogP contribution is 2.43. The molecule has 0 spiro atoms. The van der Waals surface area contributed by atoms with Crippen LogP contribution in [-0.2, 0) is 9.59 Å². The third-order valence-corrected chi connectivity index (χ3v) is 5.79. The van der Waals surface area contributed by atoms with Gasteiger partial charge < -0.3 is 24.4 Å². The van der Waals surface area contributed by atoms with E-state index in [-0.39, 0.29) is 27.7 Å². The fourth-order valence-electron chi connectivity index (χ4n) is 3.60. The van der Waals surface area contributed by atoms with Gasteiger partial charge in [-0.1, -0.05) is 35.3 Å². The van der Waals surface area contributed by atoms with E-state index in [0.29, 0.717) is 29.4 Å². The van der Waals surface area contributed by atoms with E-state index in [2.05, 4.69) is 0 Å². The van der Waals surface area contributed by atoms with Crippen molar-refractivity contribution in [2.24, 2.45) is 0 Å². The van der Waals surface area contributed by atoms with Crippen LogP contribution >= 0.6 is 23.2 Å². The third-order valence-electron chi connectivity index (χ3n) is 5.24. The minimum absolute atomic E-state index is 0.0457. The van der Waals surface area contributed by atoms with Gasteiger partial charge in [-0.2, -0.15) is 0 Å². The van der Waals surface area contributed by atoms with E-state index < -0.39 is 17.7 Å². The topological polar surface area (TPSA) is 79.3 Å². The summed E-state index contributed by atoms with van der Waals surface area (Å²) < 4.78 is 10.6. The molecule has 3 rings (SSSR count). The number of carbonyl (C=O) groups is 2. The second-order valence-electron chi connectivity index (χ2n) is 7.53. The zero-order chi connectivity index (χ0) is 23.6. The minimum Gasteiger partial charge on any atom is -0.507 e. The Bertz CT molecular complexity index is 1070. The lowest BCUT2D eigenvalue weighted by Crippen LogP contribution is -2.35. The second kappa shape index (κ2) is 9.81. The number of carbonyl (C=O) groups excluding carboxylic acids is 2. The molecule has 1 fully saturated rings. The lowest BCUT2D eigenvalue weighted by molar-refractivity contribution is -0.140. The van der Waals surface area contributed by atoms with Gasteiger partial charge in [0.25, 0.3) is 11.7 Å². The largest absolute Gasteiger partial charge is 0.507 e. The van der Waals surface area contributed by atoms with Crippen LogP contribution in [0.1, 0.15) is 17.2 Å². The summed E-state index contributed by atoms with van der Waals surface area (Å²) in [6.45, 7) is 0.830. The molecule has 0 aliphatic carbocycles. The van der Waals surface area contributed by atoms with Crippen molar-refractivity contribution in [3.05, 3.63) is 63.1 Å². The van der Waals surface area contributed by atoms with E-state index in [0.717, 1.165) is 0 Å². The molecule has 2 aromatic carbocycles. The third kappa shape index (κ3) is 4.55. The van der Waals surface area contributed by atoms with E-state index in [4.69, 9.17) is 32.7 Å². The lowest BCUT2D eigenvalue weighted by Gasteiger charge is -2.26. The highest BCUT2D eigenvalue weighted by atomic mass is 35.5. The number of amides is 1. The molecule has 1 amide bonds. The molecule has 170 valence electrons. The normalized spacial score (nSPS) is 17.8. The van der Waals surface area contributed by atoms with Crippen molar-refractivity contribution >= 4 is 40.7 Å². The predicted octanol–water partition coefficient (Wildman–Crippen LogP) is 3.99. The van der Waals surface area contributed by atoms with Gasteiger partial charge in [0, 0.05) is 24.2 Å². The Labute approximate surface area is 196 Å². The summed E-state index contributed by atoms with van der Waals surface area (Å²) in [6, 6.07) is 8.97. The molecule has 1 unspecified atom stereocenters. The molecular formula is C23H24Cl2N2O5. The molecule has 1 atom stereocenters. The Kier molecular flexibility index (Phi) is 7.33. The van der Waals surface area contributed by atoms with Gasteiger partial charge in [0.1, 0.15) is 17.3 Å². The van der Waals surface area contributed by atoms with Crippen molar-refractivity contribution in [1.82, 2.24) is 9.80 Å². The van der Waals surface area contributed by atoms with Crippen LogP contribution in [0.4, 0.5) is 0 Å². The van der Waals surface area contributed by atoms with Crippen molar-refractivity contribution in [2.45, 2.75) is 6.04 Å². The molecule has 32 heavy (non-hydrogen) atoms. The number of benzene rings is 2. The number of hydrogen-bond acceptors (Lipinski definition) is 6. The first-order valence-corrected chi connectivity index (χ1v) is 10.6. The number of methoxy groups -OCH3 is 2. The van der Waals surface area contributed by atoms with Gasteiger partial charge in [-0.25, -0.2) is 0 Å². The Balaban J connectivity index is 2.22. The van der Waals surface area contributed by atoms with Crippen LogP contribution < -0.4 is 9.47 Å². The monoisotopic (exact) mass is 478 g/mol. The minimum atomic E-state index is -0.794. The number of ether oxygens (including phenoxy) is 2. The molecule has 9 heteroatoms. The molecule has 0 radical (unpaired) electrons. The molecule has 1 aliphatic rings. The van der Waals surface area contributed by atoms with E-state index in [9.17, 15) is 14.7 Å². The van der Waals surface area contributed by atoms with Crippen LogP contribution in [0.5, 0.6) is 11.5 Å². The summed E-state index contributed by atoms with van der Waals surface area (Å²) >= 11 is 12.3. The Hall–Kier alpha value is -2.74. The smallest absolute Gasteiger partial charge is 0.295 e. The maximum Gasteiger partial charge on any atom is 0.295 e. The van der Waals surface area contributed by atoms with Crippen LogP contribution in [0, 0.1) is 0 Å². The Morgan fingerprint density at radius 2 is 1.69 bits per heavy atom. The number of ketones is 1. The molecule has 0 saturated carbocycles. The average Bonchev–Trinajstić information content (AvgIpc) is 3.02. The number of likely N-dealkylation sites (tertiary alicyclic amines) is 1. The first-order chi connectivity index (χ1) is 15.2. The van der Waals surface area contributed by atoms with Gasteiger partial charge in [0.15, 0.2) is 0 Å². The number of halogens is 2. The molecule has 1 heterocycles. The Morgan fingerprint density at radius 1 is 1.06 bits per heavy atom. The SMILES string of the molecule is COc1cc(OC)c(/C(O)=C2\C(=O)C(=O)N(CCN(C)C)C2c2ccc(Cl)cc2)cc1Cl. The molecule has 0 bridgehead atoms. The van der Waals surface area contributed by atoms with Crippen LogP contribution in [0.3, 0.4) is 0 Å². The summed E-state index contributed by atoms with van der Waals surface area (Å²) in [5.41, 5.74) is 0.783. The van der Waals surface area contributed by atoms with Gasteiger partial charge in [0.05, 0.1) is 36.4 Å². The summed E-state index contributed by atoms with van der Waals surface area (Å²) in [5, 5.41) is 12.0. The zero-order valence-electron chi connectivity index (χ0n) is 18.2. The van der Waals surface area contributed by atoms with E-state index in [1.54, 1.807) is 24.3 Å². The first-order valence-electron chi connectivity index (χ1n) is 9.80. The van der Waals surface area contributed by atoms with Crippen LogP contribution in [0.25, 0.3) is 5.76 Å². The van der Waals surface area contributed by atoms with Crippen molar-refractivity contribution in [3.63, 3.8) is 0 Å². The average molecular weight is 479 g/mol. The van der Waals surface area contributed by atoms with Crippen LogP contribution in [-0.4, -0.2) is 68.0 Å². The maximum atomic E-state index is 13.1. The molecule has 1 N–H and O–H groups in total. The van der Waals surface area contributed by atoms with Crippen molar-refractivity contribution in [3.8, 4) is 11.5 Å². The number of Topliss-reactive ketones (excluding diaryl/α,β-unsaturated/α-hetero) is 1. The van der Waals surface area contributed by atoms with Gasteiger partial charge >= 0.3 is 0 Å². The predicted molar refractivity (Wildman–Crippen MR) is 124 cm³/mol. The molecule has 7 nitrogen and oxygen atoms in total. The van der Waals surface area contributed by atoms with Gasteiger partial charge in [-0.3, -0.25) is 9.59 Å². The zero-order valence-corrected chi connectivity index (χ0v) is 19.7. The number of hydrogen-bond donors (Lipinski definition) is 1.